The van der Waals surface area contributed by atoms with E-state index in [4.69, 9.17) is 4.74 Å². The Morgan fingerprint density at radius 2 is 1.74 bits per heavy atom. The SMILES string of the molecule is CC1=N/C(=C\c2ccc(OC(C)C)cc2)C(=O)N1c1ccc(C(=O)[O-])cc1. The molecular weight excluding hydrogens is 344 g/mol. The number of carboxylic acids is 1. The van der Waals surface area contributed by atoms with E-state index in [1.807, 2.05) is 38.1 Å². The number of carbonyl (C=O) groups excluding carboxylic acids is 2. The number of anilines is 1. The lowest BCUT2D eigenvalue weighted by Gasteiger charge is -2.16. The summed E-state index contributed by atoms with van der Waals surface area (Å²) in [4.78, 5) is 29.4. The molecule has 6 heteroatoms. The molecule has 0 unspecified atom stereocenters. The summed E-state index contributed by atoms with van der Waals surface area (Å²) >= 11 is 0. The van der Waals surface area contributed by atoms with Crippen molar-refractivity contribution < 1.29 is 19.4 Å². The number of hydrogen-bond acceptors (Lipinski definition) is 5. The summed E-state index contributed by atoms with van der Waals surface area (Å²) in [7, 11) is 0. The number of nitrogens with zero attached hydrogens (tertiary/aromatic N) is 2. The van der Waals surface area contributed by atoms with E-state index in [0.29, 0.717) is 17.2 Å². The molecule has 0 radical (unpaired) electrons. The van der Waals surface area contributed by atoms with Crippen molar-refractivity contribution in [2.24, 2.45) is 4.99 Å². The van der Waals surface area contributed by atoms with Crippen LogP contribution in [0.2, 0.25) is 0 Å². The molecule has 0 N–H and O–H groups in total. The zero-order valence-electron chi connectivity index (χ0n) is 15.3. The number of aromatic carboxylic acids is 1. The minimum absolute atomic E-state index is 0.0551. The highest BCUT2D eigenvalue weighted by Gasteiger charge is 2.28. The second-order valence-corrected chi connectivity index (χ2v) is 6.40. The van der Waals surface area contributed by atoms with E-state index in [2.05, 4.69) is 4.99 Å². The molecule has 0 saturated carbocycles. The van der Waals surface area contributed by atoms with Gasteiger partial charge in [-0.05, 0) is 62.2 Å². The fraction of sp³-hybridized carbons (Fsp3) is 0.190. The molecule has 2 aromatic carbocycles. The van der Waals surface area contributed by atoms with Crippen LogP contribution < -0.4 is 14.7 Å². The molecule has 2 aromatic rings. The van der Waals surface area contributed by atoms with Crippen LogP contribution in [0.5, 0.6) is 5.75 Å². The molecule has 0 atom stereocenters. The first kappa shape index (κ1) is 18.4. The van der Waals surface area contributed by atoms with Crippen LogP contribution in [-0.2, 0) is 4.79 Å². The van der Waals surface area contributed by atoms with Gasteiger partial charge in [0.15, 0.2) is 0 Å². The van der Waals surface area contributed by atoms with Gasteiger partial charge in [-0.2, -0.15) is 0 Å². The molecule has 0 spiro atoms. The Hall–Kier alpha value is -3.41. The lowest BCUT2D eigenvalue weighted by atomic mass is 10.1. The molecule has 1 heterocycles. The number of amides is 1. The predicted octanol–water partition coefficient (Wildman–Crippen LogP) is 2.64. The number of rotatable bonds is 5. The van der Waals surface area contributed by atoms with Crippen LogP contribution >= 0.6 is 0 Å². The number of hydrogen-bond donors (Lipinski definition) is 0. The van der Waals surface area contributed by atoms with Gasteiger partial charge in [0.25, 0.3) is 5.91 Å². The average Bonchev–Trinajstić information content (AvgIpc) is 2.90. The van der Waals surface area contributed by atoms with Crippen LogP contribution in [0.1, 0.15) is 36.7 Å². The van der Waals surface area contributed by atoms with Crippen LogP contribution in [0.25, 0.3) is 6.08 Å². The van der Waals surface area contributed by atoms with Crippen molar-refractivity contribution in [2.75, 3.05) is 4.90 Å². The van der Waals surface area contributed by atoms with Gasteiger partial charge < -0.3 is 14.6 Å². The maximum Gasteiger partial charge on any atom is 0.282 e. The molecule has 0 fully saturated rings. The molecule has 6 nitrogen and oxygen atoms in total. The second kappa shape index (κ2) is 7.45. The molecule has 0 aliphatic carbocycles. The van der Waals surface area contributed by atoms with Crippen LogP contribution in [-0.4, -0.2) is 23.8 Å². The lowest BCUT2D eigenvalue weighted by molar-refractivity contribution is -0.255. The molecule has 1 aliphatic heterocycles. The molecule has 0 bridgehead atoms. The minimum atomic E-state index is -1.26. The van der Waals surface area contributed by atoms with E-state index in [9.17, 15) is 14.7 Å². The lowest BCUT2D eigenvalue weighted by Crippen LogP contribution is -2.30. The van der Waals surface area contributed by atoms with Crippen molar-refractivity contribution in [3.05, 3.63) is 65.4 Å². The fourth-order valence-electron chi connectivity index (χ4n) is 2.75. The van der Waals surface area contributed by atoms with Gasteiger partial charge in [-0.15, -0.1) is 0 Å². The Morgan fingerprint density at radius 3 is 2.30 bits per heavy atom. The third-order valence-corrected chi connectivity index (χ3v) is 3.94. The number of benzene rings is 2. The number of amidine groups is 1. The second-order valence-electron chi connectivity index (χ2n) is 6.40. The summed E-state index contributed by atoms with van der Waals surface area (Å²) in [5.74, 6) is -0.243. The summed E-state index contributed by atoms with van der Waals surface area (Å²) in [5, 5.41) is 10.9. The molecule has 3 rings (SSSR count). The molecule has 1 aliphatic rings. The van der Waals surface area contributed by atoms with Crippen molar-refractivity contribution in [3.8, 4) is 5.75 Å². The van der Waals surface area contributed by atoms with E-state index >= 15 is 0 Å². The first-order valence-electron chi connectivity index (χ1n) is 8.55. The highest BCUT2D eigenvalue weighted by molar-refractivity contribution is 6.28. The third kappa shape index (κ3) is 4.06. The van der Waals surface area contributed by atoms with Crippen molar-refractivity contribution in [1.82, 2.24) is 0 Å². The first-order valence-corrected chi connectivity index (χ1v) is 8.55. The van der Waals surface area contributed by atoms with E-state index in [1.165, 1.54) is 17.0 Å². The molecule has 0 aromatic heterocycles. The largest absolute Gasteiger partial charge is 0.545 e. The van der Waals surface area contributed by atoms with Gasteiger partial charge in [0, 0.05) is 0 Å². The zero-order chi connectivity index (χ0) is 19.6. The van der Waals surface area contributed by atoms with E-state index in [-0.39, 0.29) is 17.6 Å². The fourth-order valence-corrected chi connectivity index (χ4v) is 2.75. The zero-order valence-corrected chi connectivity index (χ0v) is 15.3. The summed E-state index contributed by atoms with van der Waals surface area (Å²) in [5.41, 5.74) is 1.75. The first-order chi connectivity index (χ1) is 12.8. The Bertz CT molecular complexity index is 926. The van der Waals surface area contributed by atoms with E-state index < -0.39 is 5.97 Å². The average molecular weight is 363 g/mol. The normalized spacial score (nSPS) is 15.4. The quantitative estimate of drug-likeness (QED) is 0.765. The van der Waals surface area contributed by atoms with Crippen molar-refractivity contribution in [1.29, 1.82) is 0 Å². The number of aliphatic imine (C=N–C) groups is 1. The molecule has 1 amide bonds. The summed E-state index contributed by atoms with van der Waals surface area (Å²) in [6.07, 6.45) is 1.80. The van der Waals surface area contributed by atoms with Gasteiger partial charge in [0.05, 0.1) is 17.8 Å². The number of carbonyl (C=O) groups is 2. The molecule has 0 saturated heterocycles. The van der Waals surface area contributed by atoms with Crippen LogP contribution in [0, 0.1) is 0 Å². The maximum atomic E-state index is 12.7. The summed E-state index contributed by atoms with van der Waals surface area (Å²) in [6, 6.07) is 13.3. The van der Waals surface area contributed by atoms with E-state index in [0.717, 1.165) is 11.3 Å². The van der Waals surface area contributed by atoms with Crippen molar-refractivity contribution >= 4 is 29.5 Å². The monoisotopic (exact) mass is 363 g/mol. The Balaban J connectivity index is 1.82. The summed E-state index contributed by atoms with van der Waals surface area (Å²) < 4.78 is 5.61. The highest BCUT2D eigenvalue weighted by atomic mass is 16.5. The third-order valence-electron chi connectivity index (χ3n) is 3.94. The van der Waals surface area contributed by atoms with Gasteiger partial charge in [0.2, 0.25) is 0 Å². The number of carboxylic acid groups (broad SMARTS) is 1. The molecule has 27 heavy (non-hydrogen) atoms. The predicted molar refractivity (Wildman–Crippen MR) is 102 cm³/mol. The van der Waals surface area contributed by atoms with Crippen LogP contribution in [0.15, 0.2) is 59.2 Å². The smallest absolute Gasteiger partial charge is 0.282 e. The summed E-state index contributed by atoms with van der Waals surface area (Å²) in [6.45, 7) is 5.64. The maximum absolute atomic E-state index is 12.7. The van der Waals surface area contributed by atoms with Crippen molar-refractivity contribution in [2.45, 2.75) is 26.9 Å². The topological polar surface area (TPSA) is 82.0 Å². The van der Waals surface area contributed by atoms with Crippen LogP contribution in [0.3, 0.4) is 0 Å². The van der Waals surface area contributed by atoms with Gasteiger partial charge in [-0.3, -0.25) is 9.69 Å². The van der Waals surface area contributed by atoms with Gasteiger partial charge in [-0.25, -0.2) is 4.99 Å². The Kier molecular flexibility index (Phi) is 5.07. The highest BCUT2D eigenvalue weighted by Crippen LogP contribution is 2.25. The van der Waals surface area contributed by atoms with Crippen LogP contribution in [0.4, 0.5) is 5.69 Å². The Labute approximate surface area is 157 Å². The van der Waals surface area contributed by atoms with Crippen molar-refractivity contribution in [3.63, 3.8) is 0 Å². The molecule has 138 valence electrons. The van der Waals surface area contributed by atoms with Gasteiger partial charge in [-0.1, -0.05) is 24.3 Å². The standard InChI is InChI=1S/C21H20N2O4/c1-13(2)27-18-10-4-15(5-11-18)12-19-20(24)23(14(3)22-19)17-8-6-16(7-9-17)21(25)26/h4-13H,1-3H3,(H,25,26)/p-1/b19-12-. The minimum Gasteiger partial charge on any atom is -0.545 e. The van der Waals surface area contributed by atoms with E-state index in [1.54, 1.807) is 25.1 Å². The van der Waals surface area contributed by atoms with Gasteiger partial charge >= 0.3 is 0 Å². The number of ether oxygens (including phenoxy) is 1. The van der Waals surface area contributed by atoms with Gasteiger partial charge in [0.1, 0.15) is 17.3 Å². The molecular formula is C21H19N2O4-. The Morgan fingerprint density at radius 1 is 1.11 bits per heavy atom.